The summed E-state index contributed by atoms with van der Waals surface area (Å²) in [6.07, 6.45) is 0.00600. The largest absolute Gasteiger partial charge is 0.395 e. The molecule has 96 valence electrons. The minimum absolute atomic E-state index is 0.197. The van der Waals surface area contributed by atoms with Gasteiger partial charge in [0.1, 0.15) is 12.2 Å². The summed E-state index contributed by atoms with van der Waals surface area (Å²) < 4.78 is 0. The lowest BCUT2D eigenvalue weighted by atomic mass is 9.94. The van der Waals surface area contributed by atoms with Gasteiger partial charge in [0.05, 0.1) is 18.8 Å². The molecule has 4 atom stereocenters. The van der Waals surface area contributed by atoms with Gasteiger partial charge in [-0.25, -0.2) is 0 Å². The van der Waals surface area contributed by atoms with Gasteiger partial charge in [-0.2, -0.15) is 0 Å². The quantitative estimate of drug-likeness (QED) is 0.455. The van der Waals surface area contributed by atoms with Crippen LogP contribution in [0.5, 0.6) is 0 Å². The van der Waals surface area contributed by atoms with E-state index in [0.717, 1.165) is 25.8 Å². The fourth-order valence-electron chi connectivity index (χ4n) is 2.20. The van der Waals surface area contributed by atoms with Crippen LogP contribution in [0.4, 0.5) is 0 Å². The third-order valence-electron chi connectivity index (χ3n) is 3.26. The Hall–Kier alpha value is -0.200. The van der Waals surface area contributed by atoms with E-state index in [1.807, 2.05) is 4.90 Å². The molecule has 0 saturated carbocycles. The SMILES string of the molecule is CCCCCN1C[C@@H](O)[C@H](O)[C@@H](O)[C@@H]1CO. The van der Waals surface area contributed by atoms with E-state index in [-0.39, 0.29) is 6.61 Å². The summed E-state index contributed by atoms with van der Waals surface area (Å²) in [5.41, 5.74) is 0. The van der Waals surface area contributed by atoms with Crippen LogP contribution in [0.25, 0.3) is 0 Å². The molecule has 16 heavy (non-hydrogen) atoms. The molecule has 4 N–H and O–H groups in total. The van der Waals surface area contributed by atoms with E-state index in [1.165, 1.54) is 0 Å². The van der Waals surface area contributed by atoms with Gasteiger partial charge in [-0.3, -0.25) is 4.90 Å². The van der Waals surface area contributed by atoms with Crippen molar-refractivity contribution in [3.8, 4) is 0 Å². The monoisotopic (exact) mass is 233 g/mol. The van der Waals surface area contributed by atoms with E-state index in [2.05, 4.69) is 6.92 Å². The number of likely N-dealkylation sites (tertiary alicyclic amines) is 1. The Labute approximate surface area is 96.3 Å². The number of rotatable bonds is 5. The van der Waals surface area contributed by atoms with Crippen LogP contribution in [0.3, 0.4) is 0 Å². The van der Waals surface area contributed by atoms with Crippen LogP contribution in [0.1, 0.15) is 26.2 Å². The predicted octanol–water partition coefficient (Wildman–Crippen LogP) is -1.06. The lowest BCUT2D eigenvalue weighted by molar-refractivity contribution is -0.145. The number of nitrogens with zero attached hydrogens (tertiary/aromatic N) is 1. The number of aliphatic hydroxyl groups excluding tert-OH is 4. The first-order valence-corrected chi connectivity index (χ1v) is 6.01. The molecule has 1 saturated heterocycles. The van der Waals surface area contributed by atoms with Crippen molar-refractivity contribution >= 4 is 0 Å². The smallest absolute Gasteiger partial charge is 0.109 e. The summed E-state index contributed by atoms with van der Waals surface area (Å²) >= 11 is 0. The summed E-state index contributed by atoms with van der Waals surface area (Å²) in [4.78, 5) is 1.86. The molecular formula is C11H23NO4. The lowest BCUT2D eigenvalue weighted by Gasteiger charge is -2.43. The summed E-state index contributed by atoms with van der Waals surface area (Å²) in [5.74, 6) is 0. The van der Waals surface area contributed by atoms with Crippen molar-refractivity contribution < 1.29 is 20.4 Å². The highest BCUT2D eigenvalue weighted by Gasteiger charge is 2.40. The number of piperidine rings is 1. The van der Waals surface area contributed by atoms with Gasteiger partial charge < -0.3 is 20.4 Å². The second kappa shape index (κ2) is 6.51. The number of unbranched alkanes of at least 4 members (excludes halogenated alkanes) is 2. The minimum atomic E-state index is -1.15. The summed E-state index contributed by atoms with van der Waals surface area (Å²) in [6, 6.07) is -0.463. The third kappa shape index (κ3) is 3.15. The van der Waals surface area contributed by atoms with Gasteiger partial charge in [-0.15, -0.1) is 0 Å². The standard InChI is InChI=1S/C11H23NO4/c1-2-3-4-5-12-6-9(14)11(16)10(15)8(12)7-13/h8-11,13-16H,2-7H2,1H3/t8-,9+,10-,11-/m0/s1. The van der Waals surface area contributed by atoms with Crippen molar-refractivity contribution in [2.75, 3.05) is 19.7 Å². The van der Waals surface area contributed by atoms with Gasteiger partial charge in [0.25, 0.3) is 0 Å². The average molecular weight is 233 g/mol. The lowest BCUT2D eigenvalue weighted by Crippen LogP contribution is -2.62. The third-order valence-corrected chi connectivity index (χ3v) is 3.26. The maximum atomic E-state index is 9.72. The Balaban J connectivity index is 2.53. The highest BCUT2D eigenvalue weighted by Crippen LogP contribution is 2.19. The van der Waals surface area contributed by atoms with Crippen LogP contribution in [0, 0.1) is 0 Å². The molecule has 0 spiro atoms. The molecule has 1 heterocycles. The van der Waals surface area contributed by atoms with Crippen molar-refractivity contribution in [2.45, 2.75) is 50.5 Å². The van der Waals surface area contributed by atoms with Gasteiger partial charge in [0.15, 0.2) is 0 Å². The van der Waals surface area contributed by atoms with E-state index < -0.39 is 24.4 Å². The maximum absolute atomic E-state index is 9.72. The number of hydrogen-bond donors (Lipinski definition) is 4. The van der Waals surface area contributed by atoms with Crippen LogP contribution in [0.2, 0.25) is 0 Å². The molecule has 1 fully saturated rings. The number of aliphatic hydroxyl groups is 4. The topological polar surface area (TPSA) is 84.2 Å². The molecular weight excluding hydrogens is 210 g/mol. The predicted molar refractivity (Wildman–Crippen MR) is 60.0 cm³/mol. The van der Waals surface area contributed by atoms with Gasteiger partial charge in [0, 0.05) is 6.54 Å². The van der Waals surface area contributed by atoms with E-state index >= 15 is 0 Å². The Morgan fingerprint density at radius 3 is 2.38 bits per heavy atom. The van der Waals surface area contributed by atoms with E-state index in [1.54, 1.807) is 0 Å². The van der Waals surface area contributed by atoms with Crippen molar-refractivity contribution in [1.29, 1.82) is 0 Å². The van der Waals surface area contributed by atoms with Gasteiger partial charge in [-0.05, 0) is 13.0 Å². The zero-order chi connectivity index (χ0) is 12.1. The summed E-state index contributed by atoms with van der Waals surface area (Å²) in [6.45, 7) is 2.96. The Bertz CT molecular complexity index is 202. The van der Waals surface area contributed by atoms with E-state index in [9.17, 15) is 20.4 Å². The second-order valence-corrected chi connectivity index (χ2v) is 4.50. The molecule has 1 rings (SSSR count). The average Bonchev–Trinajstić information content (AvgIpc) is 2.27. The zero-order valence-corrected chi connectivity index (χ0v) is 9.79. The van der Waals surface area contributed by atoms with Crippen LogP contribution >= 0.6 is 0 Å². The Morgan fingerprint density at radius 2 is 1.81 bits per heavy atom. The molecule has 0 unspecified atom stereocenters. The molecule has 5 nitrogen and oxygen atoms in total. The minimum Gasteiger partial charge on any atom is -0.395 e. The first-order valence-electron chi connectivity index (χ1n) is 6.01. The normalized spacial score (nSPS) is 36.6. The van der Waals surface area contributed by atoms with E-state index in [0.29, 0.717) is 6.54 Å². The van der Waals surface area contributed by atoms with Crippen LogP contribution in [-0.2, 0) is 0 Å². The van der Waals surface area contributed by atoms with Crippen molar-refractivity contribution in [2.24, 2.45) is 0 Å². The zero-order valence-electron chi connectivity index (χ0n) is 9.79. The fraction of sp³-hybridized carbons (Fsp3) is 1.00. The molecule has 0 bridgehead atoms. The highest BCUT2D eigenvalue weighted by atomic mass is 16.4. The number of β-amino-alcohol motifs (C(OH)–C–C–N with tert-alkyl or cyclic N) is 1. The van der Waals surface area contributed by atoms with Crippen LogP contribution < -0.4 is 0 Å². The molecule has 0 aliphatic carbocycles. The highest BCUT2D eigenvalue weighted by molar-refractivity contribution is 4.93. The van der Waals surface area contributed by atoms with E-state index in [4.69, 9.17) is 0 Å². The molecule has 1 aliphatic heterocycles. The fourth-order valence-corrected chi connectivity index (χ4v) is 2.20. The van der Waals surface area contributed by atoms with Crippen molar-refractivity contribution in [3.05, 3.63) is 0 Å². The van der Waals surface area contributed by atoms with Crippen molar-refractivity contribution in [1.82, 2.24) is 4.90 Å². The second-order valence-electron chi connectivity index (χ2n) is 4.50. The molecule has 0 aromatic rings. The molecule has 0 amide bonds. The molecule has 0 aromatic heterocycles. The maximum Gasteiger partial charge on any atom is 0.109 e. The molecule has 0 aromatic carbocycles. The van der Waals surface area contributed by atoms with Gasteiger partial charge >= 0.3 is 0 Å². The summed E-state index contributed by atoms with van der Waals surface area (Å²) in [5, 5.41) is 38.0. The first-order chi connectivity index (χ1) is 7.61. The Kier molecular flexibility index (Phi) is 5.64. The molecule has 1 aliphatic rings. The van der Waals surface area contributed by atoms with Crippen molar-refractivity contribution in [3.63, 3.8) is 0 Å². The van der Waals surface area contributed by atoms with Crippen LogP contribution in [-0.4, -0.2) is 69.4 Å². The summed E-state index contributed by atoms with van der Waals surface area (Å²) in [7, 11) is 0. The van der Waals surface area contributed by atoms with Gasteiger partial charge in [-0.1, -0.05) is 19.8 Å². The Morgan fingerprint density at radius 1 is 1.12 bits per heavy atom. The molecule has 5 heteroatoms. The van der Waals surface area contributed by atoms with Crippen LogP contribution in [0.15, 0.2) is 0 Å². The van der Waals surface area contributed by atoms with Gasteiger partial charge in [0.2, 0.25) is 0 Å². The first kappa shape index (κ1) is 13.9. The molecule has 0 radical (unpaired) electrons. The number of hydrogen-bond acceptors (Lipinski definition) is 5.